The van der Waals surface area contributed by atoms with Gasteiger partial charge >= 0.3 is 0 Å². The summed E-state index contributed by atoms with van der Waals surface area (Å²) in [5.41, 5.74) is 0. The van der Waals surface area contributed by atoms with Crippen LogP contribution in [0.25, 0.3) is 0 Å². The fourth-order valence-electron chi connectivity index (χ4n) is 1.21. The molecule has 5 nitrogen and oxygen atoms in total. The molecule has 1 heterocycles. The molecule has 72 valence electrons. The molecule has 3 N–H and O–H groups in total. The van der Waals surface area contributed by atoms with Gasteiger partial charge in [-0.05, 0) is 6.42 Å². The smallest absolute Gasteiger partial charge is 0.214 e. The maximum Gasteiger partial charge on any atom is 0.214 e. The molecule has 0 radical (unpaired) electrons. The second-order valence-corrected chi connectivity index (χ2v) is 4.89. The molecule has 0 aromatic heterocycles. The van der Waals surface area contributed by atoms with Gasteiger partial charge in [-0.1, -0.05) is 0 Å². The lowest BCUT2D eigenvalue weighted by atomic mass is 10.2. The Morgan fingerprint density at radius 1 is 1.50 bits per heavy atom. The third-order valence-electron chi connectivity index (χ3n) is 2.02. The number of sulfonamides is 1. The molecule has 1 aliphatic rings. The zero-order chi connectivity index (χ0) is 9.19. The minimum absolute atomic E-state index is 0.149. The van der Waals surface area contributed by atoms with Gasteiger partial charge in [0.15, 0.2) is 0 Å². The molecular weight excluding hydrogens is 180 g/mol. The average Bonchev–Trinajstić information content (AvgIpc) is 1.81. The molecule has 0 bridgehead atoms. The minimum atomic E-state index is -3.33. The van der Waals surface area contributed by atoms with Gasteiger partial charge in [0.2, 0.25) is 10.0 Å². The summed E-state index contributed by atoms with van der Waals surface area (Å²) in [5.74, 6) is 0. The largest absolute Gasteiger partial charge is 0.396 e. The molecule has 1 rings (SSSR count). The van der Waals surface area contributed by atoms with Gasteiger partial charge in [0.1, 0.15) is 5.25 Å². The van der Waals surface area contributed by atoms with E-state index in [2.05, 4.69) is 0 Å². The van der Waals surface area contributed by atoms with Crippen LogP contribution < -0.4 is 5.14 Å². The van der Waals surface area contributed by atoms with Crippen molar-refractivity contribution in [1.82, 2.24) is 4.90 Å². The van der Waals surface area contributed by atoms with Crippen LogP contribution in [0.2, 0.25) is 0 Å². The normalized spacial score (nSPS) is 20.8. The SMILES string of the molecule is NS(=O)(=O)C1CN(CCCO)C1. The van der Waals surface area contributed by atoms with Crippen molar-refractivity contribution < 1.29 is 13.5 Å². The van der Waals surface area contributed by atoms with Crippen LogP contribution in [0.4, 0.5) is 0 Å². The van der Waals surface area contributed by atoms with Gasteiger partial charge < -0.3 is 10.0 Å². The zero-order valence-corrected chi connectivity index (χ0v) is 7.63. The fourth-order valence-corrected chi connectivity index (χ4v) is 2.04. The molecule has 0 aliphatic carbocycles. The third kappa shape index (κ3) is 2.41. The molecule has 0 spiro atoms. The highest BCUT2D eigenvalue weighted by atomic mass is 32.2. The van der Waals surface area contributed by atoms with E-state index in [1.807, 2.05) is 4.90 Å². The molecule has 6 heteroatoms. The number of likely N-dealkylation sites (tertiary alicyclic amines) is 1. The van der Waals surface area contributed by atoms with E-state index < -0.39 is 15.3 Å². The van der Waals surface area contributed by atoms with Crippen LogP contribution in [0.5, 0.6) is 0 Å². The molecule has 0 saturated carbocycles. The van der Waals surface area contributed by atoms with E-state index in [1.165, 1.54) is 0 Å². The molecule has 0 unspecified atom stereocenters. The predicted molar refractivity (Wildman–Crippen MR) is 45.0 cm³/mol. The van der Waals surface area contributed by atoms with Gasteiger partial charge in [-0.2, -0.15) is 0 Å². The van der Waals surface area contributed by atoms with Crippen molar-refractivity contribution in [2.45, 2.75) is 11.7 Å². The molecule has 1 saturated heterocycles. The van der Waals surface area contributed by atoms with E-state index in [4.69, 9.17) is 10.2 Å². The van der Waals surface area contributed by atoms with E-state index in [0.717, 1.165) is 6.54 Å². The van der Waals surface area contributed by atoms with Crippen LogP contribution in [0, 0.1) is 0 Å². The maximum absolute atomic E-state index is 10.7. The standard InChI is InChI=1S/C6H14N2O3S/c7-12(10,11)6-4-8(5-6)2-1-3-9/h6,9H,1-5H2,(H2,7,10,11). The molecule has 1 aliphatic heterocycles. The Bertz CT molecular complexity index is 233. The first kappa shape index (κ1) is 9.91. The minimum Gasteiger partial charge on any atom is -0.396 e. The van der Waals surface area contributed by atoms with Crippen molar-refractivity contribution in [3.8, 4) is 0 Å². The lowest BCUT2D eigenvalue weighted by Crippen LogP contribution is -2.56. The van der Waals surface area contributed by atoms with Crippen molar-refractivity contribution >= 4 is 10.0 Å². The fraction of sp³-hybridized carbons (Fsp3) is 1.00. The topological polar surface area (TPSA) is 83.6 Å². The summed E-state index contributed by atoms with van der Waals surface area (Å²) < 4.78 is 21.5. The van der Waals surface area contributed by atoms with Gasteiger partial charge in [0.25, 0.3) is 0 Å². The Balaban J connectivity index is 2.20. The van der Waals surface area contributed by atoms with E-state index in [9.17, 15) is 8.42 Å². The first-order chi connectivity index (χ1) is 5.54. The Kier molecular flexibility index (Phi) is 3.05. The molecular formula is C6H14N2O3S. The van der Waals surface area contributed by atoms with Gasteiger partial charge in [0, 0.05) is 26.2 Å². The number of hydrogen-bond acceptors (Lipinski definition) is 4. The monoisotopic (exact) mass is 194 g/mol. The summed E-state index contributed by atoms with van der Waals surface area (Å²) in [5, 5.41) is 13.0. The number of rotatable bonds is 4. The quantitative estimate of drug-likeness (QED) is 0.561. The zero-order valence-electron chi connectivity index (χ0n) is 6.81. The highest BCUT2D eigenvalue weighted by Crippen LogP contribution is 2.13. The van der Waals surface area contributed by atoms with Crippen LogP contribution in [-0.4, -0.2) is 49.9 Å². The second-order valence-electron chi connectivity index (χ2n) is 3.05. The van der Waals surface area contributed by atoms with Gasteiger partial charge in [-0.25, -0.2) is 13.6 Å². The Morgan fingerprint density at radius 2 is 2.08 bits per heavy atom. The van der Waals surface area contributed by atoms with Crippen LogP contribution in [0.1, 0.15) is 6.42 Å². The molecule has 1 fully saturated rings. The van der Waals surface area contributed by atoms with E-state index in [1.54, 1.807) is 0 Å². The molecule has 0 aromatic rings. The first-order valence-corrected chi connectivity index (χ1v) is 5.50. The molecule has 0 amide bonds. The summed E-state index contributed by atoms with van der Waals surface area (Å²) in [7, 11) is -3.33. The van der Waals surface area contributed by atoms with Crippen molar-refractivity contribution in [1.29, 1.82) is 0 Å². The summed E-state index contributed by atoms with van der Waals surface area (Å²) in [6.07, 6.45) is 0.692. The third-order valence-corrected chi connectivity index (χ3v) is 3.25. The maximum atomic E-state index is 10.7. The van der Waals surface area contributed by atoms with Crippen LogP contribution >= 0.6 is 0 Å². The number of primary sulfonamides is 1. The molecule has 12 heavy (non-hydrogen) atoms. The molecule has 0 aromatic carbocycles. The number of nitrogens with zero attached hydrogens (tertiary/aromatic N) is 1. The highest BCUT2D eigenvalue weighted by molar-refractivity contribution is 7.89. The summed E-state index contributed by atoms with van der Waals surface area (Å²) >= 11 is 0. The van der Waals surface area contributed by atoms with E-state index >= 15 is 0 Å². The van der Waals surface area contributed by atoms with Crippen molar-refractivity contribution in [2.24, 2.45) is 5.14 Å². The first-order valence-electron chi connectivity index (χ1n) is 3.89. The Morgan fingerprint density at radius 3 is 2.50 bits per heavy atom. The van der Waals surface area contributed by atoms with Gasteiger partial charge in [-0.3, -0.25) is 0 Å². The highest BCUT2D eigenvalue weighted by Gasteiger charge is 2.34. The van der Waals surface area contributed by atoms with Gasteiger partial charge in [0.05, 0.1) is 0 Å². The number of hydrogen-bond donors (Lipinski definition) is 2. The summed E-state index contributed by atoms with van der Waals surface area (Å²) in [6.45, 7) is 1.93. The van der Waals surface area contributed by atoms with Crippen LogP contribution in [-0.2, 0) is 10.0 Å². The lowest BCUT2D eigenvalue weighted by Gasteiger charge is -2.37. The van der Waals surface area contributed by atoms with Crippen molar-refractivity contribution in [3.63, 3.8) is 0 Å². The van der Waals surface area contributed by atoms with Crippen LogP contribution in [0.15, 0.2) is 0 Å². The summed E-state index contributed by atoms with van der Waals surface area (Å²) in [4.78, 5) is 1.96. The number of aliphatic hydroxyl groups is 1. The van der Waals surface area contributed by atoms with Gasteiger partial charge in [-0.15, -0.1) is 0 Å². The van der Waals surface area contributed by atoms with E-state index in [0.29, 0.717) is 19.5 Å². The predicted octanol–water partition coefficient (Wildman–Crippen LogP) is -1.66. The van der Waals surface area contributed by atoms with Crippen molar-refractivity contribution in [2.75, 3.05) is 26.2 Å². The molecule has 0 atom stereocenters. The second kappa shape index (κ2) is 3.69. The van der Waals surface area contributed by atoms with Crippen molar-refractivity contribution in [3.05, 3.63) is 0 Å². The Labute approximate surface area is 72.2 Å². The van der Waals surface area contributed by atoms with E-state index in [-0.39, 0.29) is 6.61 Å². The lowest BCUT2D eigenvalue weighted by molar-refractivity contribution is 0.164. The number of nitrogens with two attached hydrogens (primary N) is 1. The van der Waals surface area contributed by atoms with Crippen LogP contribution in [0.3, 0.4) is 0 Å². The Hall–Kier alpha value is -0.170. The number of aliphatic hydroxyl groups excluding tert-OH is 1. The summed E-state index contributed by atoms with van der Waals surface area (Å²) in [6, 6.07) is 0. The average molecular weight is 194 g/mol.